The van der Waals surface area contributed by atoms with Gasteiger partial charge in [0.1, 0.15) is 13.2 Å². The second kappa shape index (κ2) is 7.70. The van der Waals surface area contributed by atoms with Crippen LogP contribution in [0.15, 0.2) is 30.3 Å². The first-order chi connectivity index (χ1) is 10.2. The van der Waals surface area contributed by atoms with E-state index >= 15 is 0 Å². The van der Waals surface area contributed by atoms with Gasteiger partial charge in [0.15, 0.2) is 0 Å². The van der Waals surface area contributed by atoms with E-state index in [0.29, 0.717) is 26.3 Å². The minimum atomic E-state index is -0.263. The molecule has 2 atom stereocenters. The number of benzene rings is 1. The monoisotopic (exact) mass is 287 g/mol. The minimum absolute atomic E-state index is 0.124. The van der Waals surface area contributed by atoms with Crippen molar-refractivity contribution in [1.82, 2.24) is 4.90 Å². The summed E-state index contributed by atoms with van der Waals surface area (Å²) in [5.41, 5.74) is 0.992. The quantitative estimate of drug-likeness (QED) is 0.799. The fourth-order valence-electron chi connectivity index (χ4n) is 2.50. The maximum atomic E-state index is 12.1. The highest BCUT2D eigenvalue weighted by molar-refractivity contribution is 5.67. The largest absolute Gasteiger partial charge is 0.445 e. The number of hydrogen-bond acceptors (Lipinski definition) is 3. The van der Waals surface area contributed by atoms with Crippen molar-refractivity contribution in [2.24, 2.45) is 5.92 Å². The number of rotatable bonds is 4. The van der Waals surface area contributed by atoms with Gasteiger partial charge in [-0.05, 0) is 12.0 Å². The van der Waals surface area contributed by atoms with Crippen LogP contribution >= 0.6 is 0 Å². The summed E-state index contributed by atoms with van der Waals surface area (Å²) in [6.45, 7) is 3.99. The van der Waals surface area contributed by atoms with E-state index in [4.69, 9.17) is 15.9 Å². The number of likely N-dealkylation sites (tertiary alicyclic amines) is 1. The predicted octanol–water partition coefficient (Wildman–Crippen LogP) is 2.68. The van der Waals surface area contributed by atoms with E-state index in [1.165, 1.54) is 0 Å². The SMILES string of the molecule is C#CCO[C@H]1CCN(C(=O)OCc2ccccc2)C[C@@H]1C. The Morgan fingerprint density at radius 2 is 2.19 bits per heavy atom. The summed E-state index contributed by atoms with van der Waals surface area (Å²) < 4.78 is 10.9. The van der Waals surface area contributed by atoms with Crippen molar-refractivity contribution < 1.29 is 14.3 Å². The Bertz CT molecular complexity index is 495. The number of terminal acetylenes is 1. The topological polar surface area (TPSA) is 38.8 Å². The highest BCUT2D eigenvalue weighted by Crippen LogP contribution is 2.20. The van der Waals surface area contributed by atoms with Gasteiger partial charge >= 0.3 is 6.09 Å². The van der Waals surface area contributed by atoms with Crippen molar-refractivity contribution >= 4 is 6.09 Å². The molecule has 0 bridgehead atoms. The first kappa shape index (κ1) is 15.4. The van der Waals surface area contributed by atoms with Crippen LogP contribution in [-0.4, -0.2) is 36.8 Å². The van der Waals surface area contributed by atoms with Crippen LogP contribution in [0.2, 0.25) is 0 Å². The molecule has 1 heterocycles. The van der Waals surface area contributed by atoms with E-state index in [2.05, 4.69) is 12.8 Å². The first-order valence-corrected chi connectivity index (χ1v) is 7.21. The maximum Gasteiger partial charge on any atom is 0.410 e. The smallest absolute Gasteiger partial charge is 0.410 e. The van der Waals surface area contributed by atoms with Gasteiger partial charge in [-0.2, -0.15) is 0 Å². The van der Waals surface area contributed by atoms with Gasteiger partial charge in [-0.3, -0.25) is 0 Å². The standard InChI is InChI=1S/C17H21NO3/c1-3-11-20-16-9-10-18(12-14(16)2)17(19)21-13-15-7-5-4-6-8-15/h1,4-8,14,16H,9-13H2,2H3/t14-,16-/m0/s1. The molecule has 4 nitrogen and oxygen atoms in total. The lowest BCUT2D eigenvalue weighted by Crippen LogP contribution is -2.46. The van der Waals surface area contributed by atoms with Crippen molar-refractivity contribution in [3.63, 3.8) is 0 Å². The molecule has 0 saturated carbocycles. The summed E-state index contributed by atoms with van der Waals surface area (Å²) in [7, 11) is 0. The third kappa shape index (κ3) is 4.51. The van der Waals surface area contributed by atoms with Crippen LogP contribution < -0.4 is 0 Å². The molecule has 21 heavy (non-hydrogen) atoms. The number of ether oxygens (including phenoxy) is 2. The van der Waals surface area contributed by atoms with Gasteiger partial charge in [-0.25, -0.2) is 4.79 Å². The maximum absolute atomic E-state index is 12.1. The number of hydrogen-bond donors (Lipinski definition) is 0. The average Bonchev–Trinajstić information content (AvgIpc) is 2.52. The third-order valence-electron chi connectivity index (χ3n) is 3.67. The predicted molar refractivity (Wildman–Crippen MR) is 80.6 cm³/mol. The van der Waals surface area contributed by atoms with Gasteiger partial charge in [0.2, 0.25) is 0 Å². The molecule has 0 radical (unpaired) electrons. The summed E-state index contributed by atoms with van der Waals surface area (Å²) in [6.07, 6.45) is 5.86. The van der Waals surface area contributed by atoms with Gasteiger partial charge in [-0.15, -0.1) is 6.42 Å². The minimum Gasteiger partial charge on any atom is -0.445 e. The highest BCUT2D eigenvalue weighted by Gasteiger charge is 2.29. The van der Waals surface area contributed by atoms with Crippen LogP contribution in [0, 0.1) is 18.3 Å². The second-order valence-electron chi connectivity index (χ2n) is 5.31. The molecular formula is C17H21NO3. The summed E-state index contributed by atoms with van der Waals surface area (Å²) in [6, 6.07) is 9.68. The number of nitrogens with zero attached hydrogens (tertiary/aromatic N) is 1. The van der Waals surface area contributed by atoms with Crippen molar-refractivity contribution in [3.05, 3.63) is 35.9 Å². The van der Waals surface area contributed by atoms with Gasteiger partial charge < -0.3 is 14.4 Å². The molecule has 2 rings (SSSR count). The van der Waals surface area contributed by atoms with Crippen LogP contribution in [-0.2, 0) is 16.1 Å². The van der Waals surface area contributed by atoms with Gasteiger partial charge in [0, 0.05) is 19.0 Å². The molecule has 1 aromatic rings. The van der Waals surface area contributed by atoms with E-state index in [-0.39, 0.29) is 18.1 Å². The number of amides is 1. The van der Waals surface area contributed by atoms with Crippen LogP contribution in [0.1, 0.15) is 18.9 Å². The van der Waals surface area contributed by atoms with Crippen LogP contribution in [0.3, 0.4) is 0 Å². The zero-order chi connectivity index (χ0) is 15.1. The Morgan fingerprint density at radius 1 is 1.43 bits per heavy atom. The molecule has 1 aliphatic rings. The molecule has 1 fully saturated rings. The van der Waals surface area contributed by atoms with E-state index in [1.807, 2.05) is 30.3 Å². The zero-order valence-electron chi connectivity index (χ0n) is 12.3. The van der Waals surface area contributed by atoms with E-state index in [0.717, 1.165) is 12.0 Å². The molecule has 1 aliphatic heterocycles. The molecule has 1 aromatic carbocycles. The molecule has 1 amide bonds. The lowest BCUT2D eigenvalue weighted by Gasteiger charge is -2.35. The molecule has 0 N–H and O–H groups in total. The lowest BCUT2D eigenvalue weighted by atomic mass is 9.97. The summed E-state index contributed by atoms with van der Waals surface area (Å²) in [4.78, 5) is 13.8. The number of carbonyl (C=O) groups is 1. The summed E-state index contributed by atoms with van der Waals surface area (Å²) >= 11 is 0. The van der Waals surface area contributed by atoms with E-state index in [1.54, 1.807) is 4.90 Å². The highest BCUT2D eigenvalue weighted by atomic mass is 16.6. The molecule has 0 spiro atoms. The van der Waals surface area contributed by atoms with Gasteiger partial charge in [0.25, 0.3) is 0 Å². The molecule has 0 aromatic heterocycles. The molecule has 0 aliphatic carbocycles. The lowest BCUT2D eigenvalue weighted by molar-refractivity contribution is -0.0143. The zero-order valence-corrected chi connectivity index (χ0v) is 12.3. The van der Waals surface area contributed by atoms with Gasteiger partial charge in [0.05, 0.1) is 6.10 Å². The Kier molecular flexibility index (Phi) is 5.65. The van der Waals surface area contributed by atoms with Crippen molar-refractivity contribution in [2.75, 3.05) is 19.7 Å². The fourth-order valence-corrected chi connectivity index (χ4v) is 2.50. The third-order valence-corrected chi connectivity index (χ3v) is 3.67. The Morgan fingerprint density at radius 3 is 2.86 bits per heavy atom. The van der Waals surface area contributed by atoms with Gasteiger partial charge in [-0.1, -0.05) is 43.2 Å². The van der Waals surface area contributed by atoms with E-state index < -0.39 is 0 Å². The molecule has 0 unspecified atom stereocenters. The Labute approximate surface area is 126 Å². The normalized spacial score (nSPS) is 21.6. The Hall–Kier alpha value is -1.99. The molecular weight excluding hydrogens is 266 g/mol. The van der Waals surface area contributed by atoms with Crippen LogP contribution in [0.5, 0.6) is 0 Å². The van der Waals surface area contributed by atoms with Crippen molar-refractivity contribution in [1.29, 1.82) is 0 Å². The first-order valence-electron chi connectivity index (χ1n) is 7.21. The molecule has 4 heteroatoms. The molecule has 1 saturated heterocycles. The average molecular weight is 287 g/mol. The second-order valence-corrected chi connectivity index (χ2v) is 5.31. The van der Waals surface area contributed by atoms with Crippen LogP contribution in [0.25, 0.3) is 0 Å². The van der Waals surface area contributed by atoms with Crippen molar-refractivity contribution in [3.8, 4) is 12.3 Å². The number of carbonyl (C=O) groups excluding carboxylic acids is 1. The summed E-state index contributed by atoms with van der Waals surface area (Å²) in [5, 5.41) is 0. The fraction of sp³-hybridized carbons (Fsp3) is 0.471. The summed E-state index contributed by atoms with van der Waals surface area (Å²) in [5.74, 6) is 2.74. The number of piperidine rings is 1. The van der Waals surface area contributed by atoms with Crippen LogP contribution in [0.4, 0.5) is 4.79 Å². The Balaban J connectivity index is 1.78. The molecule has 112 valence electrons. The van der Waals surface area contributed by atoms with Crippen molar-refractivity contribution in [2.45, 2.75) is 26.1 Å². The van der Waals surface area contributed by atoms with E-state index in [9.17, 15) is 4.79 Å².